The van der Waals surface area contributed by atoms with Crippen LogP contribution in [0.4, 0.5) is 0 Å². The predicted octanol–water partition coefficient (Wildman–Crippen LogP) is 3.94. The average molecular weight is 358 g/mol. The van der Waals surface area contributed by atoms with E-state index in [0.29, 0.717) is 17.7 Å². The maximum Gasteiger partial charge on any atom is 0.255 e. The van der Waals surface area contributed by atoms with Crippen LogP contribution in [0.1, 0.15) is 41.4 Å². The van der Waals surface area contributed by atoms with Gasteiger partial charge in [-0.25, -0.2) is 0 Å². The number of carbonyl (C=O) groups excluding carboxylic acids is 1. The van der Waals surface area contributed by atoms with Crippen LogP contribution in [0.2, 0.25) is 0 Å². The number of aromatic nitrogens is 1. The number of nitrogens with zero attached hydrogens (tertiary/aromatic N) is 3. The number of amides is 1. The second-order valence-corrected chi connectivity index (χ2v) is 5.81. The van der Waals surface area contributed by atoms with Crippen molar-refractivity contribution in [1.29, 1.82) is 5.26 Å². The summed E-state index contributed by atoms with van der Waals surface area (Å²) in [7, 11) is 0. The maximum atomic E-state index is 12.7. The van der Waals surface area contributed by atoms with Gasteiger partial charge in [0.05, 0.1) is 23.2 Å². The van der Waals surface area contributed by atoms with E-state index in [1.54, 1.807) is 35.5 Å². The van der Waals surface area contributed by atoms with Crippen molar-refractivity contribution in [3.63, 3.8) is 0 Å². The van der Waals surface area contributed by atoms with E-state index in [1.807, 2.05) is 26.0 Å². The third kappa shape index (κ3) is 3.52. The van der Waals surface area contributed by atoms with Gasteiger partial charge in [-0.3, -0.25) is 9.78 Å². The molecule has 1 amide bonds. The van der Waals surface area contributed by atoms with Crippen molar-refractivity contribution < 1.29 is 4.79 Å². The molecule has 1 unspecified atom stereocenters. The van der Waals surface area contributed by atoms with E-state index in [2.05, 4.69) is 27.0 Å². The van der Waals surface area contributed by atoms with Crippen molar-refractivity contribution in [1.82, 2.24) is 9.88 Å². The highest BCUT2D eigenvalue weighted by Crippen LogP contribution is 2.23. The molecule has 0 bridgehead atoms. The number of rotatable bonds is 4. The molecule has 1 atom stereocenters. The van der Waals surface area contributed by atoms with E-state index in [9.17, 15) is 4.79 Å². The number of benzene rings is 1. The van der Waals surface area contributed by atoms with Crippen LogP contribution >= 0.6 is 15.9 Å². The van der Waals surface area contributed by atoms with Crippen molar-refractivity contribution in [2.45, 2.75) is 19.9 Å². The molecule has 5 heteroatoms. The normalized spacial score (nSPS) is 11.5. The fourth-order valence-corrected chi connectivity index (χ4v) is 2.67. The molecule has 2 aromatic rings. The number of pyridine rings is 1. The molecule has 0 radical (unpaired) electrons. The maximum absolute atomic E-state index is 12.7. The average Bonchev–Trinajstić information content (AvgIpc) is 2.55. The minimum absolute atomic E-state index is 0.0619. The molecule has 1 aromatic carbocycles. The molecule has 0 saturated heterocycles. The zero-order valence-corrected chi connectivity index (χ0v) is 14.0. The molecule has 0 N–H and O–H groups in total. The summed E-state index contributed by atoms with van der Waals surface area (Å²) in [6.45, 7) is 4.52. The van der Waals surface area contributed by atoms with Crippen LogP contribution in [0.3, 0.4) is 0 Å². The molecule has 2 rings (SSSR count). The number of nitriles is 1. The highest BCUT2D eigenvalue weighted by atomic mass is 79.9. The summed E-state index contributed by atoms with van der Waals surface area (Å²) in [5, 5.41) is 8.86. The smallest absolute Gasteiger partial charge is 0.255 e. The first-order valence-corrected chi connectivity index (χ1v) is 7.77. The van der Waals surface area contributed by atoms with Crippen molar-refractivity contribution in [2.24, 2.45) is 0 Å². The molecular formula is C17H16BrN3O. The molecule has 0 aliphatic carbocycles. The summed E-state index contributed by atoms with van der Waals surface area (Å²) < 4.78 is 0.778. The first-order chi connectivity index (χ1) is 10.6. The Kier molecular flexibility index (Phi) is 5.29. The van der Waals surface area contributed by atoms with Crippen LogP contribution in [-0.2, 0) is 0 Å². The molecule has 22 heavy (non-hydrogen) atoms. The van der Waals surface area contributed by atoms with Gasteiger partial charge in [-0.15, -0.1) is 0 Å². The van der Waals surface area contributed by atoms with Gasteiger partial charge in [-0.1, -0.05) is 12.1 Å². The summed E-state index contributed by atoms with van der Waals surface area (Å²) in [5.41, 5.74) is 2.16. The van der Waals surface area contributed by atoms with Gasteiger partial charge in [0.1, 0.15) is 0 Å². The highest BCUT2D eigenvalue weighted by Gasteiger charge is 2.21. The van der Waals surface area contributed by atoms with Crippen molar-refractivity contribution in [2.75, 3.05) is 6.54 Å². The molecule has 4 nitrogen and oxygen atoms in total. The molecule has 0 saturated carbocycles. The van der Waals surface area contributed by atoms with Crippen LogP contribution in [-0.4, -0.2) is 22.3 Å². The lowest BCUT2D eigenvalue weighted by molar-refractivity contribution is 0.0702. The number of carbonyl (C=O) groups is 1. The minimum atomic E-state index is -0.0794. The Balaban J connectivity index is 2.26. The zero-order valence-electron chi connectivity index (χ0n) is 12.5. The molecule has 1 aromatic heterocycles. The molecule has 0 fully saturated rings. The van der Waals surface area contributed by atoms with Crippen molar-refractivity contribution in [3.05, 3.63) is 63.9 Å². The van der Waals surface area contributed by atoms with Crippen LogP contribution in [0, 0.1) is 11.3 Å². The fraction of sp³-hybridized carbons (Fsp3) is 0.235. The Morgan fingerprint density at radius 3 is 2.59 bits per heavy atom. The molecule has 0 spiro atoms. The first-order valence-electron chi connectivity index (χ1n) is 6.98. The molecule has 1 heterocycles. The SMILES string of the molecule is CCN(C(=O)c1cncc(Br)c1)C(C)c1ccc(C#N)cc1. The second kappa shape index (κ2) is 7.19. The Bertz CT molecular complexity index is 707. The van der Waals surface area contributed by atoms with Gasteiger partial charge in [-0.2, -0.15) is 5.26 Å². The number of halogens is 1. The van der Waals surface area contributed by atoms with E-state index in [1.165, 1.54) is 0 Å². The summed E-state index contributed by atoms with van der Waals surface area (Å²) in [6.07, 6.45) is 3.22. The Morgan fingerprint density at radius 1 is 1.36 bits per heavy atom. The van der Waals surface area contributed by atoms with E-state index < -0.39 is 0 Å². The van der Waals surface area contributed by atoms with Gasteiger partial charge in [0, 0.05) is 23.4 Å². The van der Waals surface area contributed by atoms with Crippen LogP contribution in [0.15, 0.2) is 47.2 Å². The highest BCUT2D eigenvalue weighted by molar-refractivity contribution is 9.10. The third-order valence-electron chi connectivity index (χ3n) is 3.54. The summed E-state index contributed by atoms with van der Waals surface area (Å²) in [4.78, 5) is 18.5. The van der Waals surface area contributed by atoms with Crippen LogP contribution in [0.25, 0.3) is 0 Å². The Morgan fingerprint density at radius 2 is 2.05 bits per heavy atom. The minimum Gasteiger partial charge on any atom is -0.332 e. The van der Waals surface area contributed by atoms with Gasteiger partial charge >= 0.3 is 0 Å². The van der Waals surface area contributed by atoms with Gasteiger partial charge in [0.25, 0.3) is 5.91 Å². The fourth-order valence-electron chi connectivity index (χ4n) is 2.30. The summed E-state index contributed by atoms with van der Waals surface area (Å²) in [6, 6.07) is 11.1. The van der Waals surface area contributed by atoms with E-state index >= 15 is 0 Å². The number of hydrogen-bond donors (Lipinski definition) is 0. The first kappa shape index (κ1) is 16.2. The lowest BCUT2D eigenvalue weighted by Crippen LogP contribution is -2.33. The zero-order chi connectivity index (χ0) is 16.1. The second-order valence-electron chi connectivity index (χ2n) is 4.89. The lowest BCUT2D eigenvalue weighted by Gasteiger charge is -2.28. The molecule has 0 aliphatic heterocycles. The van der Waals surface area contributed by atoms with Crippen molar-refractivity contribution in [3.8, 4) is 6.07 Å². The van der Waals surface area contributed by atoms with E-state index in [-0.39, 0.29) is 11.9 Å². The summed E-state index contributed by atoms with van der Waals surface area (Å²) in [5.74, 6) is -0.0619. The third-order valence-corrected chi connectivity index (χ3v) is 3.98. The van der Waals surface area contributed by atoms with E-state index in [4.69, 9.17) is 5.26 Å². The topological polar surface area (TPSA) is 57.0 Å². The van der Waals surface area contributed by atoms with Gasteiger partial charge < -0.3 is 4.90 Å². The number of hydrogen-bond acceptors (Lipinski definition) is 3. The molecule has 0 aliphatic rings. The van der Waals surface area contributed by atoms with Crippen LogP contribution < -0.4 is 0 Å². The van der Waals surface area contributed by atoms with E-state index in [0.717, 1.165) is 10.0 Å². The predicted molar refractivity (Wildman–Crippen MR) is 88.2 cm³/mol. The Hall–Kier alpha value is -2.19. The van der Waals surface area contributed by atoms with Gasteiger partial charge in [0.2, 0.25) is 0 Å². The lowest BCUT2D eigenvalue weighted by atomic mass is 10.0. The summed E-state index contributed by atoms with van der Waals surface area (Å²) >= 11 is 3.34. The quantitative estimate of drug-likeness (QED) is 0.832. The van der Waals surface area contributed by atoms with Gasteiger partial charge in [0.15, 0.2) is 0 Å². The molecular weight excluding hydrogens is 342 g/mol. The van der Waals surface area contributed by atoms with Gasteiger partial charge in [-0.05, 0) is 53.5 Å². The van der Waals surface area contributed by atoms with Crippen molar-refractivity contribution >= 4 is 21.8 Å². The monoisotopic (exact) mass is 357 g/mol. The molecule has 112 valence electrons. The van der Waals surface area contributed by atoms with Crippen LogP contribution in [0.5, 0.6) is 0 Å². The largest absolute Gasteiger partial charge is 0.332 e. The standard InChI is InChI=1S/C17H16BrN3O/c1-3-21(17(22)15-8-16(18)11-20-10-15)12(2)14-6-4-13(9-19)5-7-14/h4-8,10-12H,3H2,1-2H3. The Labute approximate surface area is 138 Å².